The van der Waals surface area contributed by atoms with Crippen molar-refractivity contribution in [1.82, 2.24) is 0 Å². The van der Waals surface area contributed by atoms with Gasteiger partial charge >= 0.3 is 0 Å². The Balaban J connectivity index is 2.90. The minimum absolute atomic E-state index is 0.503. The van der Waals surface area contributed by atoms with E-state index in [1.807, 2.05) is 18.3 Å². The predicted molar refractivity (Wildman–Crippen MR) is 61.9 cm³/mol. The molecule has 0 atom stereocenters. The molecule has 0 heterocycles. The second kappa shape index (κ2) is 4.56. The molecule has 0 saturated carbocycles. The lowest BCUT2D eigenvalue weighted by molar-refractivity contribution is 0.907. The average molecular weight is 240 g/mol. The molecule has 0 aromatic heterocycles. The van der Waals surface area contributed by atoms with Crippen LogP contribution in [-0.4, -0.2) is 6.21 Å². The summed E-state index contributed by atoms with van der Waals surface area (Å²) >= 11 is 3.42. The van der Waals surface area contributed by atoms with Crippen molar-refractivity contribution in [1.29, 1.82) is 0 Å². The van der Waals surface area contributed by atoms with Gasteiger partial charge in [0.15, 0.2) is 0 Å². The van der Waals surface area contributed by atoms with Crippen molar-refractivity contribution < 1.29 is 0 Å². The number of hydrogen-bond acceptors (Lipinski definition) is 1. The standard InChI is InChI=1S/C11H14BrN/c1-8(2)7-13-11-5-4-10(12)6-9(11)3/h4-8H,1-3H3. The van der Waals surface area contributed by atoms with Crippen LogP contribution in [0.1, 0.15) is 19.4 Å². The Morgan fingerprint density at radius 3 is 2.62 bits per heavy atom. The summed E-state index contributed by atoms with van der Waals surface area (Å²) in [6, 6.07) is 6.12. The lowest BCUT2D eigenvalue weighted by Gasteiger charge is -2.00. The molecule has 0 aliphatic heterocycles. The van der Waals surface area contributed by atoms with Crippen LogP contribution >= 0.6 is 15.9 Å². The Morgan fingerprint density at radius 1 is 1.38 bits per heavy atom. The SMILES string of the molecule is Cc1cc(Br)ccc1N=CC(C)C. The van der Waals surface area contributed by atoms with Gasteiger partial charge < -0.3 is 0 Å². The van der Waals surface area contributed by atoms with Gasteiger partial charge in [0, 0.05) is 10.7 Å². The van der Waals surface area contributed by atoms with E-state index in [4.69, 9.17) is 0 Å². The highest BCUT2D eigenvalue weighted by atomic mass is 79.9. The lowest BCUT2D eigenvalue weighted by Crippen LogP contribution is -1.86. The van der Waals surface area contributed by atoms with E-state index in [1.54, 1.807) is 0 Å². The number of rotatable bonds is 2. The summed E-state index contributed by atoms with van der Waals surface area (Å²) in [5.74, 6) is 0.503. The molecule has 2 heteroatoms. The monoisotopic (exact) mass is 239 g/mol. The highest BCUT2D eigenvalue weighted by Gasteiger charge is 1.95. The molecule has 1 aromatic carbocycles. The van der Waals surface area contributed by atoms with Crippen molar-refractivity contribution >= 4 is 27.8 Å². The van der Waals surface area contributed by atoms with Crippen molar-refractivity contribution in [3.63, 3.8) is 0 Å². The fourth-order valence-corrected chi connectivity index (χ4v) is 1.47. The van der Waals surface area contributed by atoms with Crippen LogP contribution in [0.5, 0.6) is 0 Å². The highest BCUT2D eigenvalue weighted by molar-refractivity contribution is 9.10. The molecule has 1 nitrogen and oxygen atoms in total. The number of benzene rings is 1. The van der Waals surface area contributed by atoms with Crippen LogP contribution in [0.25, 0.3) is 0 Å². The Morgan fingerprint density at radius 2 is 2.08 bits per heavy atom. The summed E-state index contributed by atoms with van der Waals surface area (Å²) in [6.07, 6.45) is 1.97. The van der Waals surface area contributed by atoms with Gasteiger partial charge in [-0.05, 0) is 36.6 Å². The largest absolute Gasteiger partial charge is 0.261 e. The molecule has 0 N–H and O–H groups in total. The van der Waals surface area contributed by atoms with Crippen LogP contribution in [-0.2, 0) is 0 Å². The van der Waals surface area contributed by atoms with E-state index in [-0.39, 0.29) is 0 Å². The molecule has 0 amide bonds. The molecule has 0 unspecified atom stereocenters. The summed E-state index contributed by atoms with van der Waals surface area (Å²) in [4.78, 5) is 4.40. The normalized spacial score (nSPS) is 11.5. The molecular weight excluding hydrogens is 226 g/mol. The first-order valence-corrected chi connectivity index (χ1v) is 5.19. The maximum Gasteiger partial charge on any atom is 0.0655 e. The number of hydrogen-bond donors (Lipinski definition) is 0. The quantitative estimate of drug-likeness (QED) is 0.689. The van der Waals surface area contributed by atoms with Gasteiger partial charge in [-0.25, -0.2) is 0 Å². The van der Waals surface area contributed by atoms with Crippen molar-refractivity contribution in [3.05, 3.63) is 28.2 Å². The van der Waals surface area contributed by atoms with E-state index in [1.165, 1.54) is 5.56 Å². The highest BCUT2D eigenvalue weighted by Crippen LogP contribution is 2.22. The Kier molecular flexibility index (Phi) is 3.67. The van der Waals surface area contributed by atoms with Gasteiger partial charge in [0.2, 0.25) is 0 Å². The van der Waals surface area contributed by atoms with Crippen molar-refractivity contribution in [2.24, 2.45) is 10.9 Å². The second-order valence-corrected chi connectivity index (χ2v) is 4.37. The van der Waals surface area contributed by atoms with Crippen molar-refractivity contribution in [3.8, 4) is 0 Å². The zero-order valence-electron chi connectivity index (χ0n) is 8.21. The maximum absolute atomic E-state index is 4.40. The fraction of sp³-hybridized carbons (Fsp3) is 0.364. The predicted octanol–water partition coefficient (Wildman–Crippen LogP) is 4.12. The third kappa shape index (κ3) is 3.31. The molecular formula is C11H14BrN. The average Bonchev–Trinajstić information content (AvgIpc) is 2.02. The first kappa shape index (κ1) is 10.5. The molecule has 1 aromatic rings. The zero-order chi connectivity index (χ0) is 9.84. The van der Waals surface area contributed by atoms with Gasteiger partial charge in [-0.3, -0.25) is 4.99 Å². The molecule has 0 aliphatic carbocycles. The van der Waals surface area contributed by atoms with Crippen LogP contribution in [0.2, 0.25) is 0 Å². The van der Waals surface area contributed by atoms with E-state index >= 15 is 0 Å². The molecule has 0 aliphatic rings. The van der Waals surface area contributed by atoms with Crippen molar-refractivity contribution in [2.75, 3.05) is 0 Å². The van der Waals surface area contributed by atoms with Crippen LogP contribution in [0.4, 0.5) is 5.69 Å². The third-order valence-corrected chi connectivity index (χ3v) is 2.16. The van der Waals surface area contributed by atoms with E-state index < -0.39 is 0 Å². The minimum Gasteiger partial charge on any atom is -0.261 e. The van der Waals surface area contributed by atoms with Crippen LogP contribution in [0.15, 0.2) is 27.7 Å². The van der Waals surface area contributed by atoms with Crippen LogP contribution in [0, 0.1) is 12.8 Å². The fourth-order valence-electron chi connectivity index (χ4n) is 0.993. The van der Waals surface area contributed by atoms with E-state index in [9.17, 15) is 0 Å². The van der Waals surface area contributed by atoms with Gasteiger partial charge in [0.1, 0.15) is 0 Å². The second-order valence-electron chi connectivity index (χ2n) is 3.45. The van der Waals surface area contributed by atoms with Gasteiger partial charge in [0.25, 0.3) is 0 Å². The number of nitrogens with zero attached hydrogens (tertiary/aromatic N) is 1. The zero-order valence-corrected chi connectivity index (χ0v) is 9.80. The number of halogens is 1. The molecule has 1 rings (SSSR count). The molecule has 0 spiro atoms. The van der Waals surface area contributed by atoms with Gasteiger partial charge in [0.05, 0.1) is 5.69 Å². The summed E-state index contributed by atoms with van der Waals surface area (Å²) in [5, 5.41) is 0. The first-order chi connectivity index (χ1) is 6.09. The number of aryl methyl sites for hydroxylation is 1. The maximum atomic E-state index is 4.40. The van der Waals surface area contributed by atoms with Crippen molar-refractivity contribution in [2.45, 2.75) is 20.8 Å². The summed E-state index contributed by atoms with van der Waals surface area (Å²) in [6.45, 7) is 6.31. The van der Waals surface area contributed by atoms with Crippen LogP contribution in [0.3, 0.4) is 0 Å². The van der Waals surface area contributed by atoms with Gasteiger partial charge in [-0.15, -0.1) is 0 Å². The lowest BCUT2D eigenvalue weighted by atomic mass is 10.2. The smallest absolute Gasteiger partial charge is 0.0655 e. The summed E-state index contributed by atoms with van der Waals surface area (Å²) < 4.78 is 1.11. The Labute approximate surface area is 88.0 Å². The van der Waals surface area contributed by atoms with E-state index in [0.717, 1.165) is 10.2 Å². The molecule has 70 valence electrons. The topological polar surface area (TPSA) is 12.4 Å². The van der Waals surface area contributed by atoms with Gasteiger partial charge in [-0.2, -0.15) is 0 Å². The Hall–Kier alpha value is -0.630. The summed E-state index contributed by atoms with van der Waals surface area (Å²) in [5.41, 5.74) is 2.25. The number of aliphatic imine (C=N–C) groups is 1. The molecule has 0 bridgehead atoms. The molecule has 13 heavy (non-hydrogen) atoms. The van der Waals surface area contributed by atoms with Crippen LogP contribution < -0.4 is 0 Å². The van der Waals surface area contributed by atoms with E-state index in [2.05, 4.69) is 47.8 Å². The van der Waals surface area contributed by atoms with E-state index in [0.29, 0.717) is 5.92 Å². The first-order valence-electron chi connectivity index (χ1n) is 4.40. The molecule has 0 fully saturated rings. The molecule has 0 saturated heterocycles. The minimum atomic E-state index is 0.503. The molecule has 0 radical (unpaired) electrons. The third-order valence-electron chi connectivity index (χ3n) is 1.67. The Bertz CT molecular complexity index is 316. The van der Waals surface area contributed by atoms with Gasteiger partial charge in [-0.1, -0.05) is 29.8 Å². The summed E-state index contributed by atoms with van der Waals surface area (Å²) in [7, 11) is 0.